The van der Waals surface area contributed by atoms with E-state index < -0.39 is 12.0 Å². The summed E-state index contributed by atoms with van der Waals surface area (Å²) < 4.78 is 10.2. The minimum atomic E-state index is -0.937. The molecule has 0 aliphatic heterocycles. The summed E-state index contributed by atoms with van der Waals surface area (Å²) in [5.41, 5.74) is 1.40. The standard InChI is InChI=1S/C29H32N2O5S/c1-35-24-15-13-20(14-16-24)27(28(33)30-22-9-4-3-5-10-22)31(26(32)19-25-12-7-17-37-25)23-11-6-8-21(18-23)29(34)36-2/h6-8,11-18,22,27H,3-5,9-10,19H2,1-2H3,(H,30,33)/t27-/m1/s1. The molecule has 8 heteroatoms. The van der Waals surface area contributed by atoms with Crippen molar-refractivity contribution in [2.24, 2.45) is 0 Å². The highest BCUT2D eigenvalue weighted by Gasteiger charge is 2.34. The molecule has 1 aromatic heterocycles. The van der Waals surface area contributed by atoms with Gasteiger partial charge in [0, 0.05) is 16.6 Å². The Morgan fingerprint density at radius 2 is 1.76 bits per heavy atom. The molecule has 0 saturated heterocycles. The smallest absolute Gasteiger partial charge is 0.337 e. The number of nitrogens with one attached hydrogen (secondary N) is 1. The largest absolute Gasteiger partial charge is 0.497 e. The van der Waals surface area contributed by atoms with E-state index in [9.17, 15) is 14.4 Å². The van der Waals surface area contributed by atoms with Crippen LogP contribution in [0.4, 0.5) is 5.69 Å². The summed E-state index contributed by atoms with van der Waals surface area (Å²) in [7, 11) is 2.89. The zero-order valence-corrected chi connectivity index (χ0v) is 22.0. The fourth-order valence-electron chi connectivity index (χ4n) is 4.72. The molecule has 1 heterocycles. The van der Waals surface area contributed by atoms with Crippen LogP contribution >= 0.6 is 11.3 Å². The molecule has 37 heavy (non-hydrogen) atoms. The Hall–Kier alpha value is -3.65. The number of thiophene rings is 1. The number of nitrogens with zero attached hydrogens (tertiary/aromatic N) is 1. The molecule has 0 radical (unpaired) electrons. The van der Waals surface area contributed by atoms with E-state index in [0.717, 1.165) is 30.6 Å². The van der Waals surface area contributed by atoms with E-state index in [2.05, 4.69) is 5.32 Å². The van der Waals surface area contributed by atoms with Crippen LogP contribution in [0.3, 0.4) is 0 Å². The predicted octanol–water partition coefficient (Wildman–Crippen LogP) is 5.31. The first-order chi connectivity index (χ1) is 18.0. The molecule has 1 atom stereocenters. The van der Waals surface area contributed by atoms with Crippen molar-refractivity contribution in [3.05, 3.63) is 82.0 Å². The van der Waals surface area contributed by atoms with Gasteiger partial charge in [-0.1, -0.05) is 43.5 Å². The number of benzene rings is 2. The summed E-state index contributed by atoms with van der Waals surface area (Å²) in [5.74, 6) is -0.358. The molecule has 7 nitrogen and oxygen atoms in total. The van der Waals surface area contributed by atoms with Crippen molar-refractivity contribution in [1.29, 1.82) is 0 Å². The molecule has 2 aromatic carbocycles. The third-order valence-corrected chi connectivity index (χ3v) is 7.49. The maximum atomic E-state index is 13.9. The Balaban J connectivity index is 1.78. The minimum Gasteiger partial charge on any atom is -0.497 e. The normalized spacial score (nSPS) is 14.4. The quantitative estimate of drug-likeness (QED) is 0.387. The molecule has 2 amide bonds. The van der Waals surface area contributed by atoms with Crippen molar-refractivity contribution in [2.75, 3.05) is 19.1 Å². The fourth-order valence-corrected chi connectivity index (χ4v) is 5.41. The fraction of sp³-hybridized carbons (Fsp3) is 0.345. The van der Waals surface area contributed by atoms with E-state index >= 15 is 0 Å². The second-order valence-corrected chi connectivity index (χ2v) is 10.1. The molecule has 3 aromatic rings. The van der Waals surface area contributed by atoms with Crippen LogP contribution in [0.5, 0.6) is 5.75 Å². The Labute approximate surface area is 221 Å². The van der Waals surface area contributed by atoms with Gasteiger partial charge in [0.1, 0.15) is 11.8 Å². The van der Waals surface area contributed by atoms with Crippen molar-refractivity contribution < 1.29 is 23.9 Å². The average Bonchev–Trinajstić information content (AvgIpc) is 3.44. The molecule has 1 fully saturated rings. The first kappa shape index (κ1) is 26.4. The molecule has 1 saturated carbocycles. The van der Waals surface area contributed by atoms with E-state index in [-0.39, 0.29) is 24.3 Å². The number of rotatable bonds is 9. The lowest BCUT2D eigenvalue weighted by Crippen LogP contribution is -2.47. The highest BCUT2D eigenvalue weighted by atomic mass is 32.1. The van der Waals surface area contributed by atoms with E-state index in [1.165, 1.54) is 29.8 Å². The number of carbonyl (C=O) groups excluding carboxylic acids is 3. The van der Waals surface area contributed by atoms with Crippen molar-refractivity contribution in [2.45, 2.75) is 50.6 Å². The molecule has 194 valence electrons. The lowest BCUT2D eigenvalue weighted by molar-refractivity contribution is -0.127. The molecule has 4 rings (SSSR count). The highest BCUT2D eigenvalue weighted by molar-refractivity contribution is 7.10. The maximum absolute atomic E-state index is 13.9. The van der Waals surface area contributed by atoms with Gasteiger partial charge in [-0.25, -0.2) is 4.79 Å². The van der Waals surface area contributed by atoms with Gasteiger partial charge in [0.2, 0.25) is 11.8 Å². The van der Waals surface area contributed by atoms with Crippen LogP contribution in [0.2, 0.25) is 0 Å². The summed E-state index contributed by atoms with van der Waals surface area (Å²) >= 11 is 1.49. The highest BCUT2D eigenvalue weighted by Crippen LogP contribution is 2.32. The van der Waals surface area contributed by atoms with E-state index in [0.29, 0.717) is 22.6 Å². The first-order valence-corrected chi connectivity index (χ1v) is 13.3. The van der Waals surface area contributed by atoms with E-state index in [1.54, 1.807) is 55.6 Å². The molecular formula is C29H32N2O5S. The zero-order chi connectivity index (χ0) is 26.2. The summed E-state index contributed by atoms with van der Waals surface area (Å²) in [5, 5.41) is 5.12. The number of hydrogen-bond acceptors (Lipinski definition) is 6. The summed E-state index contributed by atoms with van der Waals surface area (Å²) in [6.07, 6.45) is 5.27. The minimum absolute atomic E-state index is 0.0673. The molecule has 0 unspecified atom stereocenters. The van der Waals surface area contributed by atoms with Gasteiger partial charge in [-0.2, -0.15) is 0 Å². The molecule has 1 aliphatic rings. The van der Waals surface area contributed by atoms with Crippen molar-refractivity contribution in [3.8, 4) is 5.75 Å². The third kappa shape index (κ3) is 6.57. The van der Waals surface area contributed by atoms with Crippen molar-refractivity contribution in [1.82, 2.24) is 5.32 Å². The summed E-state index contributed by atoms with van der Waals surface area (Å²) in [6, 6.07) is 16.8. The van der Waals surface area contributed by atoms with E-state index in [4.69, 9.17) is 9.47 Å². The van der Waals surface area contributed by atoms with E-state index in [1.807, 2.05) is 17.5 Å². The maximum Gasteiger partial charge on any atom is 0.337 e. The van der Waals surface area contributed by atoms with Gasteiger partial charge in [-0.3, -0.25) is 14.5 Å². The lowest BCUT2D eigenvalue weighted by Gasteiger charge is -2.33. The predicted molar refractivity (Wildman–Crippen MR) is 144 cm³/mol. The number of ether oxygens (including phenoxy) is 2. The third-order valence-electron chi connectivity index (χ3n) is 6.61. The Morgan fingerprint density at radius 3 is 2.41 bits per heavy atom. The Bertz CT molecular complexity index is 1200. The molecule has 1 aliphatic carbocycles. The van der Waals surface area contributed by atoms with Gasteiger partial charge in [0.05, 0.1) is 26.2 Å². The number of amides is 2. The van der Waals surface area contributed by atoms with Crippen LogP contribution in [-0.4, -0.2) is 38.0 Å². The van der Waals surface area contributed by atoms with Gasteiger partial charge in [-0.15, -0.1) is 11.3 Å². The molecule has 0 bridgehead atoms. The first-order valence-electron chi connectivity index (χ1n) is 12.5. The zero-order valence-electron chi connectivity index (χ0n) is 21.1. The molecular weight excluding hydrogens is 488 g/mol. The van der Waals surface area contributed by atoms with Crippen LogP contribution in [0, 0.1) is 0 Å². The van der Waals surface area contributed by atoms with Gasteiger partial charge >= 0.3 is 5.97 Å². The van der Waals surface area contributed by atoms with Crippen LogP contribution < -0.4 is 15.0 Å². The lowest BCUT2D eigenvalue weighted by atomic mass is 9.94. The number of methoxy groups -OCH3 is 2. The van der Waals surface area contributed by atoms with Gasteiger partial charge in [0.25, 0.3) is 0 Å². The van der Waals surface area contributed by atoms with Gasteiger partial charge in [-0.05, 0) is 60.2 Å². The number of anilines is 1. The number of carbonyl (C=O) groups is 3. The topological polar surface area (TPSA) is 84.9 Å². The van der Waals surface area contributed by atoms with Crippen LogP contribution in [-0.2, 0) is 20.7 Å². The van der Waals surface area contributed by atoms with Crippen LogP contribution in [0.15, 0.2) is 66.0 Å². The second-order valence-electron chi connectivity index (χ2n) is 9.08. The van der Waals surface area contributed by atoms with Gasteiger partial charge < -0.3 is 14.8 Å². The Kier molecular flexibility index (Phi) is 8.95. The molecule has 1 N–H and O–H groups in total. The summed E-state index contributed by atoms with van der Waals surface area (Å²) in [6.45, 7) is 0. The average molecular weight is 521 g/mol. The summed E-state index contributed by atoms with van der Waals surface area (Å²) in [4.78, 5) is 42.5. The monoisotopic (exact) mass is 520 g/mol. The van der Waals surface area contributed by atoms with Crippen LogP contribution in [0.25, 0.3) is 0 Å². The SMILES string of the molecule is COC(=O)c1cccc(N(C(=O)Cc2cccs2)[C@@H](C(=O)NC2CCCCC2)c2ccc(OC)cc2)c1. The van der Waals surface area contributed by atoms with Gasteiger partial charge in [0.15, 0.2) is 0 Å². The number of hydrogen-bond donors (Lipinski definition) is 1. The van der Waals surface area contributed by atoms with Crippen molar-refractivity contribution in [3.63, 3.8) is 0 Å². The van der Waals surface area contributed by atoms with Crippen LogP contribution in [0.1, 0.15) is 58.9 Å². The van der Waals surface area contributed by atoms with Crippen molar-refractivity contribution >= 4 is 34.8 Å². The number of esters is 1. The second kappa shape index (κ2) is 12.5. The Morgan fingerprint density at radius 1 is 1.00 bits per heavy atom. The molecule has 0 spiro atoms.